The van der Waals surface area contributed by atoms with Gasteiger partial charge in [0.2, 0.25) is 5.91 Å². The molecule has 0 bridgehead atoms. The van der Waals surface area contributed by atoms with Crippen LogP contribution < -0.4 is 15.4 Å². The molecule has 4 nitrogen and oxygen atoms in total. The van der Waals surface area contributed by atoms with Gasteiger partial charge in [0.05, 0.1) is 7.11 Å². The molecule has 0 aliphatic rings. The number of rotatable bonds is 16. The third kappa shape index (κ3) is 13.2. The smallest absolute Gasteiger partial charge is 0.220 e. The van der Waals surface area contributed by atoms with Gasteiger partial charge in [-0.15, -0.1) is 0 Å². The Labute approximate surface area is 189 Å². The highest BCUT2D eigenvalue weighted by atomic mass is 33.1. The molecule has 0 aliphatic carbocycles. The zero-order valence-corrected chi connectivity index (χ0v) is 19.7. The molecule has 2 N–H and O–H groups in total. The van der Waals surface area contributed by atoms with Crippen LogP contribution in [0.4, 0.5) is 0 Å². The number of methoxy groups -OCH3 is 1. The highest BCUT2D eigenvalue weighted by molar-refractivity contribution is 8.76. The van der Waals surface area contributed by atoms with Gasteiger partial charge in [-0.25, -0.2) is 0 Å². The Bertz CT molecular complexity index is 715. The van der Waals surface area contributed by atoms with Crippen molar-refractivity contribution in [2.75, 3.05) is 31.7 Å². The standard InChI is InChI=1S/C24H34N2O2S2/c1-4-19-29-30-20-18-26-24(27)13-9-17-25-16-8-7-10-21(2)14-15-22-11-5-6-12-23(22)28-3/h5-8,10-12,14-16,25H,2,4,9,13,17-20H2,1,3H3,(H,26,27)/b10-7-,15-14+,16-8-. The number of allylic oxidation sites excluding steroid dienone is 5. The van der Waals surface area contributed by atoms with Crippen molar-refractivity contribution in [1.29, 1.82) is 0 Å². The highest BCUT2D eigenvalue weighted by Gasteiger charge is 1.99. The summed E-state index contributed by atoms with van der Waals surface area (Å²) < 4.78 is 5.33. The van der Waals surface area contributed by atoms with Gasteiger partial charge in [0, 0.05) is 36.6 Å². The van der Waals surface area contributed by atoms with Gasteiger partial charge in [0.1, 0.15) is 5.75 Å². The van der Waals surface area contributed by atoms with E-state index in [0.717, 1.165) is 42.1 Å². The average Bonchev–Trinajstić information content (AvgIpc) is 2.76. The molecule has 1 aromatic rings. The molecule has 0 radical (unpaired) electrons. The minimum atomic E-state index is 0.125. The molecule has 1 aromatic carbocycles. The normalized spacial score (nSPS) is 11.4. The third-order valence-corrected chi connectivity index (χ3v) is 6.47. The van der Waals surface area contributed by atoms with E-state index in [1.165, 1.54) is 12.2 Å². The molecule has 0 heterocycles. The molecule has 1 amide bonds. The Morgan fingerprint density at radius 3 is 2.73 bits per heavy atom. The summed E-state index contributed by atoms with van der Waals surface area (Å²) >= 11 is 0. The number of hydrogen-bond acceptors (Lipinski definition) is 5. The first-order chi connectivity index (χ1) is 14.7. The number of hydrogen-bond donors (Lipinski definition) is 2. The van der Waals surface area contributed by atoms with Crippen molar-refractivity contribution >= 4 is 33.6 Å². The summed E-state index contributed by atoms with van der Waals surface area (Å²) in [5.74, 6) is 3.09. The molecular weight excluding hydrogens is 412 g/mol. The van der Waals surface area contributed by atoms with Gasteiger partial charge in [0.25, 0.3) is 0 Å². The van der Waals surface area contributed by atoms with E-state index >= 15 is 0 Å². The SMILES string of the molecule is C=C(/C=C\C=C/NCCCC(=O)NCCSSCCC)/C=C/c1ccccc1OC. The van der Waals surface area contributed by atoms with Crippen LogP contribution >= 0.6 is 21.6 Å². The van der Waals surface area contributed by atoms with Gasteiger partial charge in [0.15, 0.2) is 0 Å². The van der Waals surface area contributed by atoms with Crippen molar-refractivity contribution < 1.29 is 9.53 Å². The monoisotopic (exact) mass is 446 g/mol. The molecule has 1 rings (SSSR count). The summed E-state index contributed by atoms with van der Waals surface area (Å²) in [5, 5.41) is 6.15. The number of carbonyl (C=O) groups excluding carboxylic acids is 1. The lowest BCUT2D eigenvalue weighted by Gasteiger charge is -2.05. The van der Waals surface area contributed by atoms with E-state index in [9.17, 15) is 4.79 Å². The lowest BCUT2D eigenvalue weighted by Crippen LogP contribution is -2.26. The van der Waals surface area contributed by atoms with Gasteiger partial charge < -0.3 is 15.4 Å². The van der Waals surface area contributed by atoms with Crippen LogP contribution in [0.2, 0.25) is 0 Å². The Hall–Kier alpha value is -2.05. The maximum Gasteiger partial charge on any atom is 0.220 e. The zero-order valence-electron chi connectivity index (χ0n) is 18.1. The largest absolute Gasteiger partial charge is 0.496 e. The van der Waals surface area contributed by atoms with E-state index in [1.54, 1.807) is 7.11 Å². The molecule has 0 aliphatic heterocycles. The maximum absolute atomic E-state index is 11.7. The van der Waals surface area contributed by atoms with Crippen molar-refractivity contribution in [3.8, 4) is 5.75 Å². The van der Waals surface area contributed by atoms with E-state index in [1.807, 2.05) is 82.4 Å². The molecule has 0 aromatic heterocycles. The lowest BCUT2D eigenvalue weighted by atomic mass is 10.1. The van der Waals surface area contributed by atoms with Gasteiger partial charge in [-0.2, -0.15) is 0 Å². The van der Waals surface area contributed by atoms with Crippen LogP contribution in [0.15, 0.2) is 66.9 Å². The third-order valence-electron chi connectivity index (χ3n) is 3.85. The molecule has 0 unspecified atom stereocenters. The first-order valence-corrected chi connectivity index (χ1v) is 12.7. The number of para-hydroxylation sites is 1. The topological polar surface area (TPSA) is 50.4 Å². The molecule has 0 saturated heterocycles. The predicted molar refractivity (Wildman–Crippen MR) is 135 cm³/mol. The number of amides is 1. The van der Waals surface area contributed by atoms with Crippen molar-refractivity contribution in [3.63, 3.8) is 0 Å². The minimum Gasteiger partial charge on any atom is -0.496 e. The summed E-state index contributed by atoms with van der Waals surface area (Å²) in [6.07, 6.45) is 14.2. The summed E-state index contributed by atoms with van der Waals surface area (Å²) in [4.78, 5) is 11.7. The van der Waals surface area contributed by atoms with E-state index in [0.29, 0.717) is 6.42 Å². The molecule has 0 atom stereocenters. The van der Waals surface area contributed by atoms with Crippen molar-refractivity contribution in [2.45, 2.75) is 26.2 Å². The molecule has 6 heteroatoms. The summed E-state index contributed by atoms with van der Waals surface area (Å²) in [7, 11) is 5.36. The number of nitrogens with one attached hydrogen (secondary N) is 2. The minimum absolute atomic E-state index is 0.125. The van der Waals surface area contributed by atoms with Crippen LogP contribution in [-0.4, -0.2) is 37.6 Å². The molecule has 0 saturated carbocycles. The van der Waals surface area contributed by atoms with Gasteiger partial charge in [-0.1, -0.05) is 77.6 Å². The van der Waals surface area contributed by atoms with Crippen LogP contribution in [0.25, 0.3) is 6.08 Å². The van der Waals surface area contributed by atoms with Crippen molar-refractivity contribution in [1.82, 2.24) is 10.6 Å². The van der Waals surface area contributed by atoms with Gasteiger partial charge >= 0.3 is 0 Å². The second kappa shape index (κ2) is 17.8. The first kappa shape index (κ1) is 26.0. The number of ether oxygens (including phenoxy) is 1. The average molecular weight is 447 g/mol. The van der Waals surface area contributed by atoms with E-state index in [2.05, 4.69) is 24.1 Å². The summed E-state index contributed by atoms with van der Waals surface area (Å²) in [5.41, 5.74) is 1.92. The molecule has 0 spiro atoms. The van der Waals surface area contributed by atoms with E-state index in [-0.39, 0.29) is 5.91 Å². The van der Waals surface area contributed by atoms with Crippen LogP contribution in [0.5, 0.6) is 5.75 Å². The van der Waals surface area contributed by atoms with E-state index in [4.69, 9.17) is 4.74 Å². The van der Waals surface area contributed by atoms with Crippen LogP contribution in [-0.2, 0) is 4.79 Å². The molecule has 0 fully saturated rings. The highest BCUT2D eigenvalue weighted by Crippen LogP contribution is 2.20. The zero-order chi connectivity index (χ0) is 21.9. The number of benzene rings is 1. The Balaban J connectivity index is 2.11. The fourth-order valence-corrected chi connectivity index (χ4v) is 4.36. The van der Waals surface area contributed by atoms with Crippen LogP contribution in [0.3, 0.4) is 0 Å². The second-order valence-corrected chi connectivity index (χ2v) is 9.12. The Kier molecular flexibility index (Phi) is 15.4. The van der Waals surface area contributed by atoms with Crippen molar-refractivity contribution in [2.24, 2.45) is 0 Å². The van der Waals surface area contributed by atoms with Crippen LogP contribution in [0, 0.1) is 0 Å². The second-order valence-electron chi connectivity index (χ2n) is 6.42. The first-order valence-electron chi connectivity index (χ1n) is 10.2. The summed E-state index contributed by atoms with van der Waals surface area (Å²) in [6, 6.07) is 7.86. The summed E-state index contributed by atoms with van der Waals surface area (Å²) in [6.45, 7) is 7.71. The molecule has 164 valence electrons. The fraction of sp³-hybridized carbons (Fsp3) is 0.375. The van der Waals surface area contributed by atoms with Gasteiger partial charge in [-0.05, 0) is 36.8 Å². The van der Waals surface area contributed by atoms with Crippen molar-refractivity contribution in [3.05, 3.63) is 72.5 Å². The maximum atomic E-state index is 11.7. The van der Waals surface area contributed by atoms with E-state index < -0.39 is 0 Å². The predicted octanol–water partition coefficient (Wildman–Crippen LogP) is 5.61. The quantitative estimate of drug-likeness (QED) is 0.196. The fourth-order valence-electron chi connectivity index (χ4n) is 2.32. The Morgan fingerprint density at radius 2 is 1.93 bits per heavy atom. The Morgan fingerprint density at radius 1 is 1.13 bits per heavy atom. The molecule has 30 heavy (non-hydrogen) atoms. The lowest BCUT2D eigenvalue weighted by molar-refractivity contribution is -0.121. The van der Waals surface area contributed by atoms with Gasteiger partial charge in [-0.3, -0.25) is 4.79 Å². The van der Waals surface area contributed by atoms with Crippen LogP contribution in [0.1, 0.15) is 31.7 Å². The number of carbonyl (C=O) groups is 1. The molecular formula is C24H34N2O2S2.